The summed E-state index contributed by atoms with van der Waals surface area (Å²) in [6, 6.07) is 9.50. The molecule has 3 atom stereocenters. The van der Waals surface area contributed by atoms with Gasteiger partial charge in [-0.05, 0) is 44.2 Å². The van der Waals surface area contributed by atoms with Gasteiger partial charge in [-0.2, -0.15) is 0 Å². The first-order valence-electron chi connectivity index (χ1n) is 15.0. The maximum Gasteiger partial charge on any atom is 0.414 e. The van der Waals surface area contributed by atoms with Crippen LogP contribution < -0.4 is 14.8 Å². The molecule has 3 N–H and O–H groups in total. The number of nitrogens with zero attached hydrogens (tertiary/aromatic N) is 2. The lowest BCUT2D eigenvalue weighted by molar-refractivity contribution is 0.0116. The zero-order valence-corrected chi connectivity index (χ0v) is 26.9. The van der Waals surface area contributed by atoms with Gasteiger partial charge >= 0.3 is 6.09 Å². The van der Waals surface area contributed by atoms with Gasteiger partial charge in [0.1, 0.15) is 29.6 Å². The Balaban J connectivity index is 0.00000230. The Hall–Kier alpha value is -3.09. The highest BCUT2D eigenvalue weighted by atomic mass is 35.5. The topological polar surface area (TPSA) is 103 Å². The molecule has 6 rings (SSSR count). The predicted molar refractivity (Wildman–Crippen MR) is 173 cm³/mol. The minimum absolute atomic E-state index is 0. The first-order valence-corrected chi connectivity index (χ1v) is 15.0. The predicted octanol–water partition coefficient (Wildman–Crippen LogP) is 6.26. The number of aliphatic hydroxyl groups is 1. The molecule has 2 aliphatic heterocycles. The fraction of sp³-hybridized carbons (Fsp3) is 0.469. The number of nitrogens with one attached hydrogen (secondary N) is 2. The number of H-pyrrole nitrogens is 1. The van der Waals surface area contributed by atoms with Gasteiger partial charge < -0.3 is 34.2 Å². The number of carbonyl (C=O) groups is 1. The van der Waals surface area contributed by atoms with Gasteiger partial charge in [-0.15, -0.1) is 24.8 Å². The number of halogens is 4. The van der Waals surface area contributed by atoms with E-state index in [1.807, 2.05) is 6.07 Å². The third-order valence-corrected chi connectivity index (χ3v) is 8.80. The molecule has 0 unspecified atom stereocenters. The average Bonchev–Trinajstić information content (AvgIpc) is 3.58. The number of benzene rings is 2. The molecular formula is C32H40Cl2F2N4O5. The van der Waals surface area contributed by atoms with Gasteiger partial charge in [0.15, 0.2) is 0 Å². The summed E-state index contributed by atoms with van der Waals surface area (Å²) in [5.74, 6) is -0.321. The van der Waals surface area contributed by atoms with E-state index in [0.717, 1.165) is 64.1 Å². The number of hydrogen-bond acceptors (Lipinski definition) is 7. The van der Waals surface area contributed by atoms with E-state index in [1.165, 1.54) is 6.26 Å². The van der Waals surface area contributed by atoms with Crippen molar-refractivity contribution in [3.63, 3.8) is 0 Å². The lowest BCUT2D eigenvalue weighted by Crippen LogP contribution is -2.52. The Labute approximate surface area is 273 Å². The van der Waals surface area contributed by atoms with E-state index in [9.17, 15) is 18.7 Å². The molecule has 0 spiro atoms. The largest absolute Gasteiger partial charge is 0.488 e. The first kappa shape index (κ1) is 34.8. The van der Waals surface area contributed by atoms with Gasteiger partial charge in [0.2, 0.25) is 5.88 Å². The number of ether oxygens (including phenoxy) is 2. The third kappa shape index (κ3) is 8.01. The molecule has 13 heteroatoms. The first-order chi connectivity index (χ1) is 20.7. The van der Waals surface area contributed by atoms with Gasteiger partial charge in [0.05, 0.1) is 23.3 Å². The molecule has 2 fully saturated rings. The van der Waals surface area contributed by atoms with E-state index in [-0.39, 0.29) is 60.4 Å². The molecule has 45 heavy (non-hydrogen) atoms. The molecule has 2 aliphatic rings. The molecule has 4 heterocycles. The molecule has 2 aromatic carbocycles. The summed E-state index contributed by atoms with van der Waals surface area (Å²) in [6.07, 6.45) is 3.16. The molecule has 0 bridgehead atoms. The van der Waals surface area contributed by atoms with Crippen LogP contribution in [0.2, 0.25) is 0 Å². The smallest absolute Gasteiger partial charge is 0.414 e. The number of likely N-dealkylation sites (tertiary alicyclic amines) is 2. The molecule has 0 radical (unpaired) electrons. The number of piperidine rings is 2. The van der Waals surface area contributed by atoms with Crippen LogP contribution in [0, 0.1) is 17.6 Å². The summed E-state index contributed by atoms with van der Waals surface area (Å²) in [5.41, 5.74) is 1.29. The maximum absolute atomic E-state index is 14.3. The maximum atomic E-state index is 14.3. The van der Waals surface area contributed by atoms with Crippen molar-refractivity contribution in [2.75, 3.05) is 32.7 Å². The third-order valence-electron chi connectivity index (χ3n) is 8.80. The van der Waals surface area contributed by atoms with Crippen molar-refractivity contribution in [1.29, 1.82) is 0 Å². The molecule has 0 saturated carbocycles. The van der Waals surface area contributed by atoms with Crippen molar-refractivity contribution >= 4 is 52.8 Å². The van der Waals surface area contributed by atoms with E-state index in [0.29, 0.717) is 34.2 Å². The van der Waals surface area contributed by atoms with Crippen molar-refractivity contribution in [1.82, 2.24) is 20.1 Å². The Morgan fingerprint density at radius 1 is 1.16 bits per heavy atom. The number of aromatic amines is 1. The summed E-state index contributed by atoms with van der Waals surface area (Å²) >= 11 is 0. The highest BCUT2D eigenvalue weighted by Crippen LogP contribution is 2.32. The van der Waals surface area contributed by atoms with Gasteiger partial charge in [0, 0.05) is 74.0 Å². The number of furan rings is 1. The van der Waals surface area contributed by atoms with Crippen molar-refractivity contribution < 1.29 is 32.6 Å². The summed E-state index contributed by atoms with van der Waals surface area (Å²) in [5, 5.41) is 13.9. The van der Waals surface area contributed by atoms with Gasteiger partial charge in [-0.1, -0.05) is 13.0 Å². The quantitative estimate of drug-likeness (QED) is 0.204. The second kappa shape index (κ2) is 15.0. The van der Waals surface area contributed by atoms with E-state index in [4.69, 9.17) is 13.9 Å². The lowest BCUT2D eigenvalue weighted by Gasteiger charge is -2.41. The molecule has 246 valence electrons. The van der Waals surface area contributed by atoms with Crippen LogP contribution in [-0.4, -0.2) is 76.9 Å². The highest BCUT2D eigenvalue weighted by molar-refractivity contribution is 5.88. The number of aromatic nitrogens is 1. The van der Waals surface area contributed by atoms with E-state index >= 15 is 0 Å². The summed E-state index contributed by atoms with van der Waals surface area (Å²) in [7, 11) is 0. The van der Waals surface area contributed by atoms with Crippen LogP contribution >= 0.6 is 24.8 Å². The Morgan fingerprint density at radius 2 is 1.93 bits per heavy atom. The Kier molecular flexibility index (Phi) is 11.6. The van der Waals surface area contributed by atoms with Crippen LogP contribution in [0.25, 0.3) is 21.9 Å². The van der Waals surface area contributed by atoms with Crippen LogP contribution in [0.3, 0.4) is 0 Å². The van der Waals surface area contributed by atoms with Gasteiger partial charge in [-0.25, -0.2) is 13.6 Å². The molecule has 2 saturated heterocycles. The van der Waals surface area contributed by atoms with Crippen LogP contribution in [0.5, 0.6) is 11.6 Å². The zero-order valence-electron chi connectivity index (χ0n) is 25.3. The average molecular weight is 670 g/mol. The van der Waals surface area contributed by atoms with Crippen LogP contribution in [0.4, 0.5) is 13.6 Å². The number of carbonyl (C=O) groups excluding carboxylic acids is 1. The number of amides is 1. The number of rotatable bonds is 8. The fourth-order valence-electron chi connectivity index (χ4n) is 6.30. The van der Waals surface area contributed by atoms with Crippen LogP contribution in [0.15, 0.2) is 47.1 Å². The fourth-order valence-corrected chi connectivity index (χ4v) is 6.30. The lowest BCUT2D eigenvalue weighted by atomic mass is 9.95. The van der Waals surface area contributed by atoms with Crippen molar-refractivity contribution in [2.24, 2.45) is 5.92 Å². The minimum atomic E-state index is -0.710. The number of aliphatic hydroxyl groups excluding tert-OH is 1. The Morgan fingerprint density at radius 3 is 2.69 bits per heavy atom. The zero-order chi connectivity index (χ0) is 30.1. The molecule has 0 aliphatic carbocycles. The van der Waals surface area contributed by atoms with Gasteiger partial charge in [0.25, 0.3) is 0 Å². The van der Waals surface area contributed by atoms with Gasteiger partial charge in [-0.3, -0.25) is 4.90 Å². The molecule has 2 aromatic heterocycles. The standard InChI is InChI=1S/C32H38F2N4O5.2ClH/c1-19-15-38(11-8-27(19)39)20(2)16-37-9-6-23(7-10-37)35-32(40)43-30-14-24-26(36-30)4-3-5-28(24)41-17-21-18-42-29-13-22(33)12-25(34)31(21)29;;/h3-5,12-14,18-20,23,27,36,39H,6-11,15-17H2,1-2H3,(H,35,40);2*1H/t19-,20-,27-;;/m0../s1. The molecule has 9 nitrogen and oxygen atoms in total. The summed E-state index contributed by atoms with van der Waals surface area (Å²) in [4.78, 5) is 20.7. The van der Waals surface area contributed by atoms with E-state index in [1.54, 1.807) is 18.2 Å². The van der Waals surface area contributed by atoms with E-state index in [2.05, 4.69) is 33.9 Å². The number of hydrogen-bond donors (Lipinski definition) is 3. The second-order valence-electron chi connectivity index (χ2n) is 11.9. The summed E-state index contributed by atoms with van der Waals surface area (Å²) < 4.78 is 44.7. The Bertz CT molecular complexity index is 1590. The van der Waals surface area contributed by atoms with Crippen molar-refractivity contribution in [3.8, 4) is 11.6 Å². The second-order valence-corrected chi connectivity index (χ2v) is 11.9. The van der Waals surface area contributed by atoms with Crippen LogP contribution in [0.1, 0.15) is 38.7 Å². The van der Waals surface area contributed by atoms with E-state index < -0.39 is 17.7 Å². The molecular weight excluding hydrogens is 629 g/mol. The monoisotopic (exact) mass is 668 g/mol. The van der Waals surface area contributed by atoms with Crippen molar-refractivity contribution in [3.05, 3.63) is 59.9 Å². The van der Waals surface area contributed by atoms with Crippen molar-refractivity contribution in [2.45, 2.75) is 57.9 Å². The minimum Gasteiger partial charge on any atom is -0.488 e. The normalized spacial score (nSPS) is 20.4. The molecule has 4 aromatic rings. The summed E-state index contributed by atoms with van der Waals surface area (Å²) in [6.45, 7) is 9.01. The molecule has 1 amide bonds. The highest BCUT2D eigenvalue weighted by Gasteiger charge is 2.29. The van der Waals surface area contributed by atoms with Crippen LogP contribution in [-0.2, 0) is 6.61 Å². The number of fused-ring (bicyclic) bond motifs is 2. The SMILES string of the molecule is C[C@H]1CN([C@@H](C)CN2CCC(NC(=O)Oc3cc4c(OCc5coc6cc(F)cc(F)c56)cccc4[nH]3)CC2)CC[C@@H]1O.Cl.Cl.